The normalized spacial score (nSPS) is 10.8. The summed E-state index contributed by atoms with van der Waals surface area (Å²) >= 11 is 1.26. The number of thioether (sulfide) groups is 1. The van der Waals surface area contributed by atoms with E-state index in [-0.39, 0.29) is 17.2 Å². The van der Waals surface area contributed by atoms with Crippen molar-refractivity contribution >= 4 is 28.6 Å². The molecule has 0 aliphatic heterocycles. The molecule has 2 aromatic carbocycles. The minimum absolute atomic E-state index is 0.0675. The Morgan fingerprint density at radius 2 is 1.93 bits per heavy atom. The van der Waals surface area contributed by atoms with E-state index in [2.05, 4.69) is 17.2 Å². The van der Waals surface area contributed by atoms with E-state index in [0.717, 1.165) is 12.8 Å². The molecule has 7 heteroatoms. The Morgan fingerprint density at radius 1 is 1.18 bits per heavy atom. The molecule has 0 spiro atoms. The van der Waals surface area contributed by atoms with Crippen LogP contribution in [0.2, 0.25) is 0 Å². The minimum Gasteiger partial charge on any atom is -0.497 e. The van der Waals surface area contributed by atoms with Gasteiger partial charge in [-0.05, 0) is 42.8 Å². The van der Waals surface area contributed by atoms with Crippen LogP contribution in [0.25, 0.3) is 16.6 Å². The van der Waals surface area contributed by atoms with Gasteiger partial charge in [-0.1, -0.05) is 37.2 Å². The number of fused-ring (bicyclic) bond motifs is 1. The highest BCUT2D eigenvalue weighted by Gasteiger charge is 2.14. The van der Waals surface area contributed by atoms with Gasteiger partial charge in [0.05, 0.1) is 29.5 Å². The number of hydrogen-bond acceptors (Lipinski definition) is 5. The number of hydrogen-bond donors (Lipinski definition) is 1. The van der Waals surface area contributed by atoms with Crippen LogP contribution in [0.15, 0.2) is 58.5 Å². The van der Waals surface area contributed by atoms with Crippen LogP contribution in [0.1, 0.15) is 19.8 Å². The fraction of sp³-hybridized carbons (Fsp3) is 0.286. The minimum atomic E-state index is -0.162. The zero-order chi connectivity index (χ0) is 19.9. The zero-order valence-electron chi connectivity index (χ0n) is 16.0. The van der Waals surface area contributed by atoms with Gasteiger partial charge >= 0.3 is 0 Å². The number of carbonyl (C=O) groups is 1. The van der Waals surface area contributed by atoms with Crippen molar-refractivity contribution in [2.75, 3.05) is 19.4 Å². The second-order valence-corrected chi connectivity index (χ2v) is 7.18. The van der Waals surface area contributed by atoms with Crippen LogP contribution in [0.3, 0.4) is 0 Å². The predicted octanol–water partition coefficient (Wildman–Crippen LogP) is 3.40. The molecule has 0 unspecified atom stereocenters. The van der Waals surface area contributed by atoms with Crippen molar-refractivity contribution in [1.29, 1.82) is 0 Å². The Bertz CT molecular complexity index is 1020. The van der Waals surface area contributed by atoms with E-state index in [1.165, 1.54) is 11.8 Å². The molecule has 1 aromatic heterocycles. The summed E-state index contributed by atoms with van der Waals surface area (Å²) < 4.78 is 6.75. The third-order valence-electron chi connectivity index (χ3n) is 4.26. The quantitative estimate of drug-likeness (QED) is 0.358. The van der Waals surface area contributed by atoms with Gasteiger partial charge in [0.2, 0.25) is 5.91 Å². The van der Waals surface area contributed by atoms with Crippen LogP contribution in [0, 0.1) is 0 Å². The molecule has 0 fully saturated rings. The molecular formula is C21H23N3O3S. The molecule has 1 amide bonds. The number of methoxy groups -OCH3 is 1. The standard InChI is InChI=1S/C21H23N3O3S/c1-3-4-13-22-19(25)14-28-21-23-18-8-6-5-7-17(18)20(26)24(21)15-9-11-16(27-2)12-10-15/h5-12H,3-4,13-14H2,1-2H3,(H,22,25). The second kappa shape index (κ2) is 9.41. The first kappa shape index (κ1) is 19.9. The van der Waals surface area contributed by atoms with Gasteiger partial charge in [0.1, 0.15) is 5.75 Å². The molecule has 28 heavy (non-hydrogen) atoms. The third-order valence-corrected chi connectivity index (χ3v) is 5.20. The lowest BCUT2D eigenvalue weighted by Crippen LogP contribution is -2.27. The first-order chi connectivity index (χ1) is 13.6. The number of ether oxygens (including phenoxy) is 1. The van der Waals surface area contributed by atoms with Crippen LogP contribution in [-0.4, -0.2) is 34.9 Å². The first-order valence-corrected chi connectivity index (χ1v) is 10.2. The second-order valence-electron chi connectivity index (χ2n) is 6.24. The maximum Gasteiger partial charge on any atom is 0.266 e. The fourth-order valence-electron chi connectivity index (χ4n) is 2.75. The summed E-state index contributed by atoms with van der Waals surface area (Å²) in [6.45, 7) is 2.74. The molecule has 0 aliphatic carbocycles. The average Bonchev–Trinajstić information content (AvgIpc) is 2.73. The lowest BCUT2D eigenvalue weighted by Gasteiger charge is -2.13. The SMILES string of the molecule is CCCCNC(=O)CSc1nc2ccccc2c(=O)n1-c1ccc(OC)cc1. The van der Waals surface area contributed by atoms with Crippen molar-refractivity contribution in [3.63, 3.8) is 0 Å². The number of carbonyl (C=O) groups excluding carboxylic acids is 1. The lowest BCUT2D eigenvalue weighted by molar-refractivity contribution is -0.118. The van der Waals surface area contributed by atoms with Crippen LogP contribution >= 0.6 is 11.8 Å². The number of nitrogens with zero attached hydrogens (tertiary/aromatic N) is 2. The van der Waals surface area contributed by atoms with Gasteiger partial charge in [0.25, 0.3) is 5.56 Å². The number of amides is 1. The van der Waals surface area contributed by atoms with Gasteiger partial charge in [-0.25, -0.2) is 4.98 Å². The highest BCUT2D eigenvalue weighted by atomic mass is 32.2. The lowest BCUT2D eigenvalue weighted by atomic mass is 10.2. The van der Waals surface area contributed by atoms with E-state index >= 15 is 0 Å². The van der Waals surface area contributed by atoms with Crippen LogP contribution in [0.4, 0.5) is 0 Å². The molecule has 0 saturated heterocycles. The van der Waals surface area contributed by atoms with Gasteiger partial charge in [-0.2, -0.15) is 0 Å². The Labute approximate surface area is 167 Å². The summed E-state index contributed by atoms with van der Waals surface area (Å²) in [6, 6.07) is 14.4. The van der Waals surface area contributed by atoms with E-state index < -0.39 is 0 Å². The van der Waals surface area contributed by atoms with Crippen LogP contribution < -0.4 is 15.6 Å². The first-order valence-electron chi connectivity index (χ1n) is 9.19. The predicted molar refractivity (Wildman–Crippen MR) is 113 cm³/mol. The maximum absolute atomic E-state index is 13.1. The summed E-state index contributed by atoms with van der Waals surface area (Å²) in [7, 11) is 1.59. The summed E-state index contributed by atoms with van der Waals surface area (Å²) in [5, 5.41) is 3.91. The highest BCUT2D eigenvalue weighted by Crippen LogP contribution is 2.22. The van der Waals surface area contributed by atoms with E-state index in [9.17, 15) is 9.59 Å². The molecule has 3 rings (SSSR count). The van der Waals surface area contributed by atoms with Crippen molar-refractivity contribution in [3.05, 3.63) is 58.9 Å². The topological polar surface area (TPSA) is 73.2 Å². The molecule has 0 atom stereocenters. The van der Waals surface area contributed by atoms with Crippen molar-refractivity contribution in [2.24, 2.45) is 0 Å². The van der Waals surface area contributed by atoms with Crippen LogP contribution in [-0.2, 0) is 4.79 Å². The third kappa shape index (κ3) is 4.54. The van der Waals surface area contributed by atoms with Crippen molar-refractivity contribution < 1.29 is 9.53 Å². The fourth-order valence-corrected chi connectivity index (χ4v) is 3.60. The summed E-state index contributed by atoms with van der Waals surface area (Å²) in [4.78, 5) is 29.9. The molecule has 1 N–H and O–H groups in total. The van der Waals surface area contributed by atoms with Gasteiger partial charge < -0.3 is 10.1 Å². The number of aromatic nitrogens is 2. The van der Waals surface area contributed by atoms with Crippen LogP contribution in [0.5, 0.6) is 5.75 Å². The Hall–Kier alpha value is -2.80. The largest absolute Gasteiger partial charge is 0.497 e. The van der Waals surface area contributed by atoms with Gasteiger partial charge in [-0.3, -0.25) is 14.2 Å². The molecule has 0 bridgehead atoms. The number of nitrogens with one attached hydrogen (secondary N) is 1. The Kier molecular flexibility index (Phi) is 6.71. The molecule has 1 heterocycles. The maximum atomic E-state index is 13.1. The van der Waals surface area contributed by atoms with Crippen molar-refractivity contribution in [3.8, 4) is 11.4 Å². The average molecular weight is 398 g/mol. The van der Waals surface area contributed by atoms with Crippen molar-refractivity contribution in [1.82, 2.24) is 14.9 Å². The number of benzene rings is 2. The molecule has 0 radical (unpaired) electrons. The highest BCUT2D eigenvalue weighted by molar-refractivity contribution is 7.99. The molecule has 0 saturated carbocycles. The monoisotopic (exact) mass is 397 g/mol. The van der Waals surface area contributed by atoms with E-state index in [1.807, 2.05) is 24.3 Å². The van der Waals surface area contributed by atoms with E-state index in [4.69, 9.17) is 4.74 Å². The number of unbranched alkanes of at least 4 members (excludes halogenated alkanes) is 1. The van der Waals surface area contributed by atoms with Crippen molar-refractivity contribution in [2.45, 2.75) is 24.9 Å². The Morgan fingerprint density at radius 3 is 2.64 bits per heavy atom. The molecular weight excluding hydrogens is 374 g/mol. The molecule has 6 nitrogen and oxygen atoms in total. The summed E-state index contributed by atoms with van der Waals surface area (Å²) in [5.41, 5.74) is 1.13. The number of para-hydroxylation sites is 1. The molecule has 3 aromatic rings. The summed E-state index contributed by atoms with van der Waals surface area (Å²) in [5.74, 6) is 0.835. The van der Waals surface area contributed by atoms with Gasteiger partial charge in [0, 0.05) is 6.54 Å². The van der Waals surface area contributed by atoms with E-state index in [1.54, 1.807) is 35.9 Å². The molecule has 0 aliphatic rings. The zero-order valence-corrected chi connectivity index (χ0v) is 16.8. The van der Waals surface area contributed by atoms with E-state index in [0.29, 0.717) is 34.0 Å². The van der Waals surface area contributed by atoms with Gasteiger partial charge in [-0.15, -0.1) is 0 Å². The van der Waals surface area contributed by atoms with Gasteiger partial charge in [0.15, 0.2) is 5.16 Å². The molecule has 146 valence electrons. The smallest absolute Gasteiger partial charge is 0.266 e. The number of rotatable bonds is 8. The summed E-state index contributed by atoms with van der Waals surface area (Å²) in [6.07, 6.45) is 1.97. The Balaban J connectivity index is 1.97.